The number of azo groups is 1. The Hall–Kier alpha value is -2.26. The second-order valence-corrected chi connectivity index (χ2v) is 7.64. The van der Waals surface area contributed by atoms with Crippen molar-refractivity contribution in [2.75, 3.05) is 24.7 Å². The number of hydrogen-bond donors (Lipinski definition) is 1. The maximum atomic E-state index is 10.7. The molecule has 0 amide bonds. The summed E-state index contributed by atoms with van der Waals surface area (Å²) in [7, 11) is 1.94. The minimum absolute atomic E-state index is 0.227. The normalized spacial score (nSPS) is 12.0. The third-order valence-electron chi connectivity index (χ3n) is 3.62. The van der Waals surface area contributed by atoms with Crippen LogP contribution in [0, 0.1) is 0 Å². The van der Waals surface area contributed by atoms with E-state index in [1.807, 2.05) is 72.0 Å². The van der Waals surface area contributed by atoms with E-state index in [2.05, 4.69) is 10.2 Å². The smallest absolute Gasteiger partial charge is 0.319 e. The molecule has 0 aliphatic heterocycles. The molecule has 2 rings (SSSR count). The van der Waals surface area contributed by atoms with Crippen molar-refractivity contribution >= 4 is 27.3 Å². The predicted octanol–water partition coefficient (Wildman–Crippen LogP) is 2.46. The highest BCUT2D eigenvalue weighted by atomic mass is 32.2. The molecule has 25 heavy (non-hydrogen) atoms. The molecule has 0 bridgehead atoms. The zero-order valence-corrected chi connectivity index (χ0v) is 15.5. The lowest BCUT2D eigenvalue weighted by molar-refractivity contribution is -0.684. The summed E-state index contributed by atoms with van der Waals surface area (Å²) in [5.74, 6) is 0.459. The Bertz CT molecular complexity index is 826. The van der Waals surface area contributed by atoms with Gasteiger partial charge in [0.15, 0.2) is 6.33 Å². The van der Waals surface area contributed by atoms with E-state index in [0.717, 1.165) is 11.4 Å². The van der Waals surface area contributed by atoms with Crippen LogP contribution in [0.25, 0.3) is 0 Å². The number of aryl methyl sites for hydroxylation is 2. The molecular formula is C16H24N5O3S+. The third kappa shape index (κ3) is 6.28. The van der Waals surface area contributed by atoms with Gasteiger partial charge < -0.3 is 4.90 Å². The standard InChI is InChI=1S/C16H23N5O3S/c1-19(2)15-8-6-14(7-9-15)17-18-16-12-20(3)13-21(16)10-4-5-11-25(22,23)24/h6-9,12-13H,4-5,10-11H2,1-3H3/p+1/b18-17+. The topological polar surface area (TPSA) is 91.1 Å². The van der Waals surface area contributed by atoms with Crippen molar-refractivity contribution in [2.24, 2.45) is 17.3 Å². The molecular weight excluding hydrogens is 342 g/mol. The average molecular weight is 366 g/mol. The maximum Gasteiger partial charge on any atom is 0.319 e. The van der Waals surface area contributed by atoms with Gasteiger partial charge in [-0.05, 0) is 37.1 Å². The van der Waals surface area contributed by atoms with Gasteiger partial charge in [0.2, 0.25) is 0 Å². The van der Waals surface area contributed by atoms with Gasteiger partial charge in [0.25, 0.3) is 10.1 Å². The molecule has 0 saturated heterocycles. The van der Waals surface area contributed by atoms with Gasteiger partial charge in [-0.1, -0.05) is 5.11 Å². The van der Waals surface area contributed by atoms with Crippen molar-refractivity contribution in [1.82, 2.24) is 4.57 Å². The second-order valence-electron chi connectivity index (χ2n) is 6.07. The summed E-state index contributed by atoms with van der Waals surface area (Å²) in [6.45, 7) is 0.601. The minimum Gasteiger partial charge on any atom is -0.378 e. The van der Waals surface area contributed by atoms with Crippen molar-refractivity contribution in [3.05, 3.63) is 36.8 Å². The van der Waals surface area contributed by atoms with Crippen LogP contribution in [0.15, 0.2) is 47.0 Å². The van der Waals surface area contributed by atoms with Crippen molar-refractivity contribution in [3.8, 4) is 0 Å². The van der Waals surface area contributed by atoms with E-state index in [0.29, 0.717) is 25.2 Å². The summed E-state index contributed by atoms with van der Waals surface area (Å²) in [5.41, 5.74) is 1.85. The van der Waals surface area contributed by atoms with Gasteiger partial charge in [-0.25, -0.2) is 4.57 Å². The minimum atomic E-state index is -3.90. The Labute approximate surface area is 148 Å². The molecule has 1 heterocycles. The van der Waals surface area contributed by atoms with Crippen LogP contribution in [0.2, 0.25) is 0 Å². The van der Waals surface area contributed by atoms with Gasteiger partial charge >= 0.3 is 5.82 Å². The molecule has 0 fully saturated rings. The Morgan fingerprint density at radius 1 is 1.16 bits per heavy atom. The number of imidazole rings is 1. The number of hydrogen-bond acceptors (Lipinski definition) is 5. The first-order chi connectivity index (χ1) is 11.7. The number of aromatic nitrogens is 2. The number of rotatable bonds is 8. The fraction of sp³-hybridized carbons (Fsp3) is 0.438. The molecule has 0 unspecified atom stereocenters. The number of nitrogens with zero attached hydrogens (tertiary/aromatic N) is 5. The molecule has 0 saturated carbocycles. The molecule has 0 aliphatic rings. The van der Waals surface area contributed by atoms with E-state index >= 15 is 0 Å². The second kappa shape index (κ2) is 8.21. The van der Waals surface area contributed by atoms with Crippen LogP contribution in [-0.2, 0) is 23.7 Å². The van der Waals surface area contributed by atoms with Gasteiger partial charge in [-0.2, -0.15) is 8.42 Å². The number of benzene rings is 1. The van der Waals surface area contributed by atoms with Crippen molar-refractivity contribution in [1.29, 1.82) is 0 Å². The molecule has 0 aliphatic carbocycles. The molecule has 2 aromatic rings. The zero-order valence-electron chi connectivity index (χ0n) is 14.7. The highest BCUT2D eigenvalue weighted by Crippen LogP contribution is 2.20. The molecule has 136 valence electrons. The summed E-state index contributed by atoms with van der Waals surface area (Å²) in [5, 5.41) is 8.54. The Balaban J connectivity index is 2.01. The molecule has 0 spiro atoms. The van der Waals surface area contributed by atoms with E-state index in [9.17, 15) is 8.42 Å². The van der Waals surface area contributed by atoms with Gasteiger partial charge in [-0.3, -0.25) is 9.12 Å². The molecule has 9 heteroatoms. The Kier molecular flexibility index (Phi) is 6.27. The van der Waals surface area contributed by atoms with Crippen LogP contribution >= 0.6 is 0 Å². The third-order valence-corrected chi connectivity index (χ3v) is 4.42. The quantitative estimate of drug-likeness (QED) is 0.336. The van der Waals surface area contributed by atoms with Gasteiger partial charge in [0.05, 0.1) is 19.3 Å². The lowest BCUT2D eigenvalue weighted by Crippen LogP contribution is -2.32. The monoisotopic (exact) mass is 366 g/mol. The van der Waals surface area contributed by atoms with E-state index in [1.165, 1.54) is 0 Å². The Morgan fingerprint density at radius 2 is 1.84 bits per heavy atom. The summed E-state index contributed by atoms with van der Waals surface area (Å²) >= 11 is 0. The molecule has 0 atom stereocenters. The summed E-state index contributed by atoms with van der Waals surface area (Å²) in [6, 6.07) is 7.75. The van der Waals surface area contributed by atoms with E-state index in [1.54, 1.807) is 0 Å². The maximum absolute atomic E-state index is 10.7. The van der Waals surface area contributed by atoms with Gasteiger partial charge in [0, 0.05) is 24.9 Å². The summed E-state index contributed by atoms with van der Waals surface area (Å²) in [6.07, 6.45) is 4.73. The van der Waals surface area contributed by atoms with Crippen LogP contribution in [-0.4, -0.2) is 37.4 Å². The van der Waals surface area contributed by atoms with Crippen LogP contribution in [0.4, 0.5) is 17.2 Å². The average Bonchev–Trinajstić information content (AvgIpc) is 2.89. The van der Waals surface area contributed by atoms with E-state index in [-0.39, 0.29) is 5.75 Å². The van der Waals surface area contributed by atoms with Crippen LogP contribution < -0.4 is 9.47 Å². The lowest BCUT2D eigenvalue weighted by Gasteiger charge is -2.11. The van der Waals surface area contributed by atoms with Crippen LogP contribution in [0.5, 0.6) is 0 Å². The molecule has 1 aromatic carbocycles. The summed E-state index contributed by atoms with van der Waals surface area (Å²) in [4.78, 5) is 2.01. The zero-order chi connectivity index (χ0) is 18.4. The van der Waals surface area contributed by atoms with Crippen molar-refractivity contribution < 1.29 is 17.5 Å². The highest BCUT2D eigenvalue weighted by Gasteiger charge is 2.12. The number of unbranched alkanes of at least 4 members (excludes halogenated alkanes) is 1. The lowest BCUT2D eigenvalue weighted by atomic mass is 10.3. The fourth-order valence-corrected chi connectivity index (χ4v) is 2.89. The highest BCUT2D eigenvalue weighted by molar-refractivity contribution is 7.85. The van der Waals surface area contributed by atoms with Crippen molar-refractivity contribution in [2.45, 2.75) is 19.4 Å². The van der Waals surface area contributed by atoms with Crippen molar-refractivity contribution in [3.63, 3.8) is 0 Å². The molecule has 1 N–H and O–H groups in total. The van der Waals surface area contributed by atoms with Gasteiger partial charge in [-0.15, -0.1) is 0 Å². The molecule has 8 nitrogen and oxygen atoms in total. The Morgan fingerprint density at radius 3 is 2.44 bits per heavy atom. The largest absolute Gasteiger partial charge is 0.378 e. The van der Waals surface area contributed by atoms with E-state index in [4.69, 9.17) is 4.55 Å². The fourth-order valence-electron chi connectivity index (χ4n) is 2.32. The molecule has 1 aromatic heterocycles. The van der Waals surface area contributed by atoms with Gasteiger partial charge in [0.1, 0.15) is 11.9 Å². The van der Waals surface area contributed by atoms with E-state index < -0.39 is 10.1 Å². The first-order valence-electron chi connectivity index (χ1n) is 7.94. The number of anilines is 1. The van der Waals surface area contributed by atoms with Crippen LogP contribution in [0.3, 0.4) is 0 Å². The first kappa shape index (κ1) is 19.1. The first-order valence-corrected chi connectivity index (χ1v) is 9.55. The SMILES string of the molecule is CN(C)c1ccc(/N=N/c2cn(C)c[n+]2CCCCS(=O)(=O)O)cc1. The molecule has 0 radical (unpaired) electrons. The predicted molar refractivity (Wildman–Crippen MR) is 96.2 cm³/mol. The van der Waals surface area contributed by atoms with Crippen LogP contribution in [0.1, 0.15) is 12.8 Å². The summed E-state index contributed by atoms with van der Waals surface area (Å²) < 4.78 is 34.0.